The molecule has 11 heteroatoms. The Labute approximate surface area is 193 Å². The normalized spacial score (nSPS) is 11.8. The second-order valence-electron chi connectivity index (χ2n) is 6.90. The van der Waals surface area contributed by atoms with Crippen LogP contribution in [0.3, 0.4) is 0 Å². The second kappa shape index (κ2) is 10.9. The van der Waals surface area contributed by atoms with E-state index in [2.05, 4.69) is 5.32 Å². The zero-order valence-corrected chi connectivity index (χ0v) is 20.2. The minimum atomic E-state index is -3.84. The fourth-order valence-corrected chi connectivity index (χ4v) is 4.34. The molecule has 0 unspecified atom stereocenters. The van der Waals surface area contributed by atoms with Crippen LogP contribution in [0.4, 0.5) is 11.4 Å². The smallest absolute Gasteiger partial charge is 0.340 e. The zero-order chi connectivity index (χ0) is 24.8. The first kappa shape index (κ1) is 25.8. The molecular formula is C22H28N2O8S. The fourth-order valence-electron chi connectivity index (χ4n) is 3.16. The molecule has 1 N–H and O–H groups in total. The molecule has 0 aromatic heterocycles. The number of hydrogen-bond donors (Lipinski definition) is 1. The maximum Gasteiger partial charge on any atom is 0.340 e. The van der Waals surface area contributed by atoms with Gasteiger partial charge in [-0.3, -0.25) is 9.10 Å². The zero-order valence-electron chi connectivity index (χ0n) is 19.4. The van der Waals surface area contributed by atoms with Gasteiger partial charge < -0.3 is 24.3 Å². The van der Waals surface area contributed by atoms with Crippen molar-refractivity contribution in [3.8, 4) is 17.2 Å². The quantitative estimate of drug-likeness (QED) is 0.516. The highest BCUT2D eigenvalue weighted by Gasteiger charge is 2.30. The summed E-state index contributed by atoms with van der Waals surface area (Å²) in [4.78, 5) is 25.4. The third kappa shape index (κ3) is 6.07. The van der Waals surface area contributed by atoms with Crippen LogP contribution in [0, 0.1) is 0 Å². The van der Waals surface area contributed by atoms with Crippen molar-refractivity contribution in [1.29, 1.82) is 0 Å². The molecule has 1 amide bonds. The van der Waals surface area contributed by atoms with Gasteiger partial charge in [0.2, 0.25) is 15.9 Å². The van der Waals surface area contributed by atoms with Crippen LogP contribution >= 0.6 is 0 Å². The Morgan fingerprint density at radius 3 is 2.09 bits per heavy atom. The van der Waals surface area contributed by atoms with E-state index < -0.39 is 27.9 Å². The van der Waals surface area contributed by atoms with Gasteiger partial charge >= 0.3 is 5.97 Å². The van der Waals surface area contributed by atoms with Crippen molar-refractivity contribution < 1.29 is 37.0 Å². The van der Waals surface area contributed by atoms with Gasteiger partial charge in [0, 0.05) is 12.1 Å². The van der Waals surface area contributed by atoms with Gasteiger partial charge in [0.05, 0.1) is 51.1 Å². The Morgan fingerprint density at radius 2 is 1.61 bits per heavy atom. The third-order valence-corrected chi connectivity index (χ3v) is 5.92. The third-order valence-electron chi connectivity index (χ3n) is 4.68. The molecule has 0 spiro atoms. The molecule has 0 aliphatic heterocycles. The minimum Gasteiger partial charge on any atom is -0.494 e. The number of amides is 1. The summed E-state index contributed by atoms with van der Waals surface area (Å²) in [5.41, 5.74) is 0.378. The van der Waals surface area contributed by atoms with Gasteiger partial charge in [-0.2, -0.15) is 0 Å². The lowest BCUT2D eigenvalue weighted by Crippen LogP contribution is -2.45. The summed E-state index contributed by atoms with van der Waals surface area (Å²) in [6, 6.07) is 7.94. The highest BCUT2D eigenvalue weighted by molar-refractivity contribution is 7.92. The van der Waals surface area contributed by atoms with E-state index in [-0.39, 0.29) is 28.4 Å². The summed E-state index contributed by atoms with van der Waals surface area (Å²) < 4.78 is 46.7. The van der Waals surface area contributed by atoms with E-state index in [1.54, 1.807) is 24.3 Å². The molecule has 33 heavy (non-hydrogen) atoms. The molecule has 2 rings (SSSR count). The predicted octanol–water partition coefficient (Wildman–Crippen LogP) is 2.68. The van der Waals surface area contributed by atoms with Gasteiger partial charge in [0.15, 0.2) is 11.5 Å². The van der Waals surface area contributed by atoms with Crippen LogP contribution in [-0.2, 0) is 19.6 Å². The lowest BCUT2D eigenvalue weighted by atomic mass is 10.1. The van der Waals surface area contributed by atoms with Gasteiger partial charge in [-0.15, -0.1) is 0 Å². The lowest BCUT2D eigenvalue weighted by molar-refractivity contribution is -0.116. The summed E-state index contributed by atoms with van der Waals surface area (Å²) >= 11 is 0. The van der Waals surface area contributed by atoms with Crippen LogP contribution in [0.5, 0.6) is 17.2 Å². The number of ether oxygens (including phenoxy) is 4. The maximum atomic E-state index is 13.1. The molecule has 0 saturated carbocycles. The Balaban J connectivity index is 2.43. The Bertz CT molecular complexity index is 1100. The van der Waals surface area contributed by atoms with Crippen LogP contribution in [0.15, 0.2) is 36.4 Å². The number of benzene rings is 2. The Morgan fingerprint density at radius 1 is 1.03 bits per heavy atom. The number of carbonyl (C=O) groups excluding carboxylic acids is 2. The number of nitrogens with zero attached hydrogens (tertiary/aromatic N) is 1. The fraction of sp³-hybridized carbons (Fsp3) is 0.364. The SMILES string of the molecule is CCOc1ccc(N([C@@H](C)C(=O)Nc2cc(OC)c(OC)cc2C(=O)OC)S(C)(=O)=O)cc1. The first-order valence-electron chi connectivity index (χ1n) is 9.94. The molecule has 0 heterocycles. The molecule has 0 saturated heterocycles. The minimum absolute atomic E-state index is 0.0164. The topological polar surface area (TPSA) is 120 Å². The molecule has 1 atom stereocenters. The summed E-state index contributed by atoms with van der Waals surface area (Å²) in [6.07, 6.45) is 1.00. The highest BCUT2D eigenvalue weighted by atomic mass is 32.2. The molecule has 0 fully saturated rings. The van der Waals surface area contributed by atoms with Crippen LogP contribution in [0.2, 0.25) is 0 Å². The van der Waals surface area contributed by atoms with Gasteiger partial charge in [0.25, 0.3) is 0 Å². The Kier molecular flexibility index (Phi) is 8.52. The molecule has 0 aliphatic carbocycles. The summed E-state index contributed by atoms with van der Waals surface area (Å²) in [5.74, 6) is -0.299. The number of hydrogen-bond acceptors (Lipinski definition) is 8. The first-order chi connectivity index (χ1) is 15.6. The number of methoxy groups -OCH3 is 3. The standard InChI is InChI=1S/C22H28N2O8S/c1-7-32-16-10-8-15(9-11-16)24(33(6,27)28)14(2)21(25)23-18-13-20(30-4)19(29-3)12-17(18)22(26)31-5/h8-14H,7H2,1-6H3,(H,23,25)/t14-/m0/s1. The lowest BCUT2D eigenvalue weighted by Gasteiger charge is -2.28. The molecule has 0 bridgehead atoms. The summed E-state index contributed by atoms with van der Waals surface area (Å²) in [7, 11) is 0.167. The van der Waals surface area contributed by atoms with E-state index in [0.717, 1.165) is 10.6 Å². The molecule has 0 aliphatic rings. The van der Waals surface area contributed by atoms with E-state index >= 15 is 0 Å². The second-order valence-corrected chi connectivity index (χ2v) is 8.75. The van der Waals surface area contributed by atoms with Gasteiger partial charge in [-0.25, -0.2) is 13.2 Å². The number of anilines is 2. The van der Waals surface area contributed by atoms with Crippen LogP contribution in [0.1, 0.15) is 24.2 Å². The molecule has 180 valence electrons. The summed E-state index contributed by atoms with van der Waals surface area (Å²) in [5, 5.41) is 2.60. The Hall–Kier alpha value is -3.47. The maximum absolute atomic E-state index is 13.1. The number of sulfonamides is 1. The summed E-state index contributed by atoms with van der Waals surface area (Å²) in [6.45, 7) is 3.73. The first-order valence-corrected chi connectivity index (χ1v) is 11.8. The molecular weight excluding hydrogens is 452 g/mol. The molecule has 2 aromatic rings. The number of esters is 1. The van der Waals surface area contributed by atoms with E-state index in [1.165, 1.54) is 40.4 Å². The van der Waals surface area contributed by atoms with Crippen LogP contribution < -0.4 is 23.8 Å². The van der Waals surface area contributed by atoms with Crippen molar-refractivity contribution in [2.24, 2.45) is 0 Å². The van der Waals surface area contributed by atoms with Gasteiger partial charge in [-0.1, -0.05) is 0 Å². The van der Waals surface area contributed by atoms with E-state index in [1.807, 2.05) is 6.92 Å². The molecule has 10 nitrogen and oxygen atoms in total. The van der Waals surface area contributed by atoms with Crippen LogP contribution in [0.25, 0.3) is 0 Å². The van der Waals surface area contributed by atoms with Crippen molar-refractivity contribution in [2.45, 2.75) is 19.9 Å². The van der Waals surface area contributed by atoms with Gasteiger partial charge in [0.1, 0.15) is 11.8 Å². The van der Waals surface area contributed by atoms with E-state index in [9.17, 15) is 18.0 Å². The van der Waals surface area contributed by atoms with E-state index in [4.69, 9.17) is 18.9 Å². The molecule has 0 radical (unpaired) electrons. The molecule has 2 aromatic carbocycles. The number of nitrogens with one attached hydrogen (secondary N) is 1. The average molecular weight is 481 g/mol. The predicted molar refractivity (Wildman–Crippen MR) is 124 cm³/mol. The van der Waals surface area contributed by atoms with Crippen molar-refractivity contribution in [3.05, 3.63) is 42.0 Å². The van der Waals surface area contributed by atoms with Crippen molar-refractivity contribution in [2.75, 3.05) is 43.8 Å². The van der Waals surface area contributed by atoms with Crippen LogP contribution in [-0.4, -0.2) is 60.5 Å². The highest BCUT2D eigenvalue weighted by Crippen LogP contribution is 2.34. The van der Waals surface area contributed by atoms with Gasteiger partial charge in [-0.05, 0) is 38.1 Å². The van der Waals surface area contributed by atoms with Crippen molar-refractivity contribution >= 4 is 33.3 Å². The number of rotatable bonds is 10. The van der Waals surface area contributed by atoms with Crippen molar-refractivity contribution in [3.63, 3.8) is 0 Å². The van der Waals surface area contributed by atoms with E-state index in [0.29, 0.717) is 12.4 Å². The van der Waals surface area contributed by atoms with Crippen molar-refractivity contribution in [1.82, 2.24) is 0 Å². The largest absolute Gasteiger partial charge is 0.494 e. The monoisotopic (exact) mass is 480 g/mol. The average Bonchev–Trinajstić information content (AvgIpc) is 2.78. The number of carbonyl (C=O) groups is 2.